The van der Waals surface area contributed by atoms with Gasteiger partial charge >= 0.3 is 11.9 Å². The minimum Gasteiger partial charge on any atom is -0.466 e. The van der Waals surface area contributed by atoms with E-state index in [1.54, 1.807) is 20.8 Å². The highest BCUT2D eigenvalue weighted by Gasteiger charge is 2.54. The second-order valence-corrected chi connectivity index (χ2v) is 5.32. The molecule has 0 bridgehead atoms. The second kappa shape index (κ2) is 6.35. The van der Waals surface area contributed by atoms with Crippen LogP contribution in [0, 0.1) is 17.8 Å². The zero-order valence-corrected chi connectivity index (χ0v) is 12.3. The number of aliphatic hydroxyl groups is 1. The average molecular weight is 286 g/mol. The Balaban J connectivity index is 3.05. The van der Waals surface area contributed by atoms with Gasteiger partial charge in [-0.3, -0.25) is 14.4 Å². The fourth-order valence-corrected chi connectivity index (χ4v) is 2.90. The lowest BCUT2D eigenvalue weighted by atomic mass is 9.64. The first kappa shape index (κ1) is 16.6. The normalized spacial score (nSPS) is 33.6. The Morgan fingerprint density at radius 3 is 2.25 bits per heavy atom. The molecule has 0 aromatic carbocycles. The van der Waals surface area contributed by atoms with Gasteiger partial charge in [0.05, 0.1) is 24.7 Å². The minimum absolute atomic E-state index is 0.162. The minimum atomic E-state index is -1.51. The molecule has 0 heterocycles. The van der Waals surface area contributed by atoms with Gasteiger partial charge in [0, 0.05) is 6.42 Å². The second-order valence-electron chi connectivity index (χ2n) is 5.32. The predicted octanol–water partition coefficient (Wildman–Crippen LogP) is 0.705. The van der Waals surface area contributed by atoms with Crippen molar-refractivity contribution < 1.29 is 29.0 Å². The van der Waals surface area contributed by atoms with Crippen molar-refractivity contribution in [3.8, 4) is 0 Å². The van der Waals surface area contributed by atoms with E-state index in [0.29, 0.717) is 0 Å². The molecule has 4 atom stereocenters. The molecule has 1 N–H and O–H groups in total. The molecule has 0 amide bonds. The smallest absolute Gasteiger partial charge is 0.316 e. The van der Waals surface area contributed by atoms with Crippen molar-refractivity contribution >= 4 is 17.7 Å². The summed E-state index contributed by atoms with van der Waals surface area (Å²) in [5, 5.41) is 10.3. The average Bonchev–Trinajstić information content (AvgIpc) is 2.27. The van der Waals surface area contributed by atoms with Gasteiger partial charge < -0.3 is 14.6 Å². The Morgan fingerprint density at radius 2 is 1.75 bits per heavy atom. The van der Waals surface area contributed by atoms with Gasteiger partial charge in [0.25, 0.3) is 0 Å². The number of hydrogen-bond acceptors (Lipinski definition) is 6. The number of carbonyl (C=O) groups is 3. The van der Waals surface area contributed by atoms with Crippen LogP contribution >= 0.6 is 0 Å². The maximum Gasteiger partial charge on any atom is 0.316 e. The van der Waals surface area contributed by atoms with Gasteiger partial charge in [-0.1, -0.05) is 6.92 Å². The van der Waals surface area contributed by atoms with Gasteiger partial charge in [-0.05, 0) is 26.7 Å². The molecule has 6 heteroatoms. The van der Waals surface area contributed by atoms with Gasteiger partial charge in [-0.2, -0.15) is 0 Å². The van der Waals surface area contributed by atoms with E-state index in [-0.39, 0.29) is 19.6 Å². The van der Waals surface area contributed by atoms with Crippen LogP contribution in [0.25, 0.3) is 0 Å². The maximum absolute atomic E-state index is 12.0. The molecule has 1 aliphatic carbocycles. The van der Waals surface area contributed by atoms with Crippen molar-refractivity contribution in [3.05, 3.63) is 0 Å². The van der Waals surface area contributed by atoms with Crippen LogP contribution in [-0.2, 0) is 23.9 Å². The molecular formula is C14H22O6. The van der Waals surface area contributed by atoms with Gasteiger partial charge in [0.2, 0.25) is 0 Å². The number of hydrogen-bond donors (Lipinski definition) is 1. The standard InChI is InChI=1S/C14H22O6/c1-5-19-12(16)10-8(3)11(13(17)20-6-2)14(4,18)7-9(10)15/h8,10-11,18H,5-7H2,1-4H3/t8-,10-,11+,14+/m1/s1. The molecule has 0 aliphatic heterocycles. The lowest BCUT2D eigenvalue weighted by molar-refractivity contribution is -0.176. The number of ketones is 1. The summed E-state index contributed by atoms with van der Waals surface area (Å²) < 4.78 is 9.83. The predicted molar refractivity (Wildman–Crippen MR) is 69.7 cm³/mol. The molecule has 1 fully saturated rings. The lowest BCUT2D eigenvalue weighted by Gasteiger charge is -2.41. The molecule has 1 aliphatic rings. The number of carbonyl (C=O) groups excluding carboxylic acids is 3. The number of esters is 2. The van der Waals surface area contributed by atoms with E-state index in [2.05, 4.69) is 0 Å². The summed E-state index contributed by atoms with van der Waals surface area (Å²) in [7, 11) is 0. The molecule has 1 rings (SSSR count). The van der Waals surface area contributed by atoms with Gasteiger partial charge in [-0.15, -0.1) is 0 Å². The summed E-state index contributed by atoms with van der Waals surface area (Å²) in [5.74, 6) is -4.24. The zero-order valence-electron chi connectivity index (χ0n) is 12.3. The number of Topliss-reactive ketones (excluding diaryl/α,β-unsaturated/α-hetero) is 1. The third kappa shape index (κ3) is 3.17. The van der Waals surface area contributed by atoms with Crippen molar-refractivity contribution in [2.75, 3.05) is 13.2 Å². The molecule has 0 aromatic rings. The summed E-state index contributed by atoms with van der Waals surface area (Å²) in [6.07, 6.45) is -0.260. The molecule has 20 heavy (non-hydrogen) atoms. The van der Waals surface area contributed by atoms with Crippen molar-refractivity contribution in [1.82, 2.24) is 0 Å². The quantitative estimate of drug-likeness (QED) is 0.604. The first-order valence-corrected chi connectivity index (χ1v) is 6.84. The Hall–Kier alpha value is -1.43. The van der Waals surface area contributed by atoms with Crippen molar-refractivity contribution in [3.63, 3.8) is 0 Å². The Kier molecular flexibility index (Phi) is 5.28. The number of rotatable bonds is 4. The highest BCUT2D eigenvalue weighted by molar-refractivity contribution is 6.01. The molecule has 0 radical (unpaired) electrons. The van der Waals surface area contributed by atoms with E-state index in [0.717, 1.165) is 0 Å². The third-order valence-electron chi connectivity index (χ3n) is 3.68. The molecule has 0 aromatic heterocycles. The summed E-state index contributed by atoms with van der Waals surface area (Å²) >= 11 is 0. The number of ether oxygens (including phenoxy) is 2. The van der Waals surface area contributed by atoms with E-state index in [1.807, 2.05) is 0 Å². The first-order chi connectivity index (χ1) is 9.26. The van der Waals surface area contributed by atoms with E-state index < -0.39 is 41.1 Å². The van der Waals surface area contributed by atoms with Crippen LogP contribution in [0.5, 0.6) is 0 Å². The van der Waals surface area contributed by atoms with Crippen molar-refractivity contribution in [2.24, 2.45) is 17.8 Å². The largest absolute Gasteiger partial charge is 0.466 e. The van der Waals surface area contributed by atoms with Crippen LogP contribution < -0.4 is 0 Å². The fourth-order valence-electron chi connectivity index (χ4n) is 2.90. The molecule has 6 nitrogen and oxygen atoms in total. The van der Waals surface area contributed by atoms with Crippen LogP contribution in [0.15, 0.2) is 0 Å². The zero-order chi connectivity index (χ0) is 15.5. The monoisotopic (exact) mass is 286 g/mol. The Bertz CT molecular complexity index is 400. The van der Waals surface area contributed by atoms with Crippen LogP contribution in [0.2, 0.25) is 0 Å². The summed E-state index contributed by atoms with van der Waals surface area (Å²) in [5.41, 5.74) is -1.51. The molecule has 1 saturated carbocycles. The summed E-state index contributed by atoms with van der Waals surface area (Å²) in [6, 6.07) is 0. The molecule has 0 saturated heterocycles. The summed E-state index contributed by atoms with van der Waals surface area (Å²) in [6.45, 7) is 6.66. The highest BCUT2D eigenvalue weighted by atomic mass is 16.5. The van der Waals surface area contributed by atoms with Crippen molar-refractivity contribution in [2.45, 2.75) is 39.7 Å². The van der Waals surface area contributed by atoms with Crippen LogP contribution in [0.3, 0.4) is 0 Å². The van der Waals surface area contributed by atoms with Gasteiger partial charge in [0.1, 0.15) is 11.7 Å². The van der Waals surface area contributed by atoms with Crippen LogP contribution in [0.4, 0.5) is 0 Å². The van der Waals surface area contributed by atoms with E-state index in [9.17, 15) is 19.5 Å². The van der Waals surface area contributed by atoms with E-state index in [4.69, 9.17) is 9.47 Å². The van der Waals surface area contributed by atoms with E-state index >= 15 is 0 Å². The van der Waals surface area contributed by atoms with Gasteiger partial charge in [-0.25, -0.2) is 0 Å². The summed E-state index contributed by atoms with van der Waals surface area (Å²) in [4.78, 5) is 35.9. The van der Waals surface area contributed by atoms with E-state index in [1.165, 1.54) is 6.92 Å². The Morgan fingerprint density at radius 1 is 1.25 bits per heavy atom. The SMILES string of the molecule is CCOC(=O)[C@H]1C(=O)C[C@](C)(O)[C@H](C(=O)OCC)[C@@H]1C. The van der Waals surface area contributed by atoms with Crippen molar-refractivity contribution in [1.29, 1.82) is 0 Å². The van der Waals surface area contributed by atoms with Gasteiger partial charge in [0.15, 0.2) is 0 Å². The maximum atomic E-state index is 12.0. The lowest BCUT2D eigenvalue weighted by Crippen LogP contribution is -2.55. The first-order valence-electron chi connectivity index (χ1n) is 6.84. The van der Waals surface area contributed by atoms with Crippen LogP contribution in [0.1, 0.15) is 34.1 Å². The fraction of sp³-hybridized carbons (Fsp3) is 0.786. The van der Waals surface area contributed by atoms with Crippen LogP contribution in [-0.4, -0.2) is 41.6 Å². The molecular weight excluding hydrogens is 264 g/mol. The molecule has 0 spiro atoms. The Labute approximate surface area is 118 Å². The topological polar surface area (TPSA) is 89.9 Å². The molecule has 114 valence electrons. The molecule has 0 unspecified atom stereocenters. The highest BCUT2D eigenvalue weighted by Crippen LogP contribution is 2.40. The third-order valence-corrected chi connectivity index (χ3v) is 3.68.